The van der Waals surface area contributed by atoms with Crippen molar-refractivity contribution in [1.82, 2.24) is 0 Å². The van der Waals surface area contributed by atoms with E-state index in [0.717, 1.165) is 16.3 Å². The van der Waals surface area contributed by atoms with E-state index < -0.39 is 0 Å². The highest BCUT2D eigenvalue weighted by Gasteiger charge is 2.15. The predicted octanol–water partition coefficient (Wildman–Crippen LogP) is 2.54. The van der Waals surface area contributed by atoms with E-state index in [-0.39, 0.29) is 0 Å². The second kappa shape index (κ2) is 1.98. The van der Waals surface area contributed by atoms with Crippen LogP contribution in [0.5, 0.6) is 0 Å². The Bertz CT molecular complexity index is 291. The maximum absolute atomic E-state index is 5.75. The van der Waals surface area contributed by atoms with Crippen LogP contribution < -0.4 is 5.32 Å². The van der Waals surface area contributed by atoms with Crippen molar-refractivity contribution >= 4 is 23.4 Å². The minimum atomic E-state index is 0.764. The van der Waals surface area contributed by atoms with Crippen LogP contribution in [0.4, 0.5) is 5.69 Å². The summed E-state index contributed by atoms with van der Waals surface area (Å²) in [6.45, 7) is 0. The second-order valence-electron chi connectivity index (χ2n) is 2.15. The van der Waals surface area contributed by atoms with Crippen LogP contribution >= 0.6 is 11.6 Å². The van der Waals surface area contributed by atoms with Crippen LogP contribution in [0, 0.1) is 6.20 Å². The van der Waals surface area contributed by atoms with Crippen molar-refractivity contribution in [3.05, 3.63) is 35.0 Å². The van der Waals surface area contributed by atoms with Crippen molar-refractivity contribution in [3.63, 3.8) is 0 Å². The highest BCUT2D eigenvalue weighted by atomic mass is 35.5. The van der Waals surface area contributed by atoms with Gasteiger partial charge in [-0.3, -0.25) is 0 Å². The third-order valence-corrected chi connectivity index (χ3v) is 1.68. The van der Waals surface area contributed by atoms with Gasteiger partial charge in [0.1, 0.15) is 12.3 Å². The number of benzene rings is 1. The molecule has 0 amide bonds. The molecule has 0 radical (unpaired) electrons. The number of anilines is 1. The van der Waals surface area contributed by atoms with Gasteiger partial charge < -0.3 is 0 Å². The van der Waals surface area contributed by atoms with Gasteiger partial charge >= 0.3 is 0 Å². The molecule has 1 aliphatic rings. The Balaban J connectivity index is 2.60. The van der Waals surface area contributed by atoms with Gasteiger partial charge in [0.15, 0.2) is 11.3 Å². The minimum absolute atomic E-state index is 0.764. The molecule has 0 bridgehead atoms. The van der Waals surface area contributed by atoms with E-state index in [1.54, 1.807) is 0 Å². The summed E-state index contributed by atoms with van der Waals surface area (Å²) in [7, 11) is 0. The lowest BCUT2D eigenvalue weighted by molar-refractivity contribution is 1.61. The summed E-state index contributed by atoms with van der Waals surface area (Å²) in [5.74, 6) is 0. The smallest absolute Gasteiger partial charge is 0.197 e. The number of hydrogen-bond donors (Lipinski definition) is 1. The normalized spacial score (nSPS) is 12.1. The zero-order valence-electron chi connectivity index (χ0n) is 5.19. The minimum Gasteiger partial charge on any atom is -0.197 e. The third-order valence-electron chi connectivity index (χ3n) is 1.45. The van der Waals surface area contributed by atoms with Crippen LogP contribution in [0.3, 0.4) is 0 Å². The lowest BCUT2D eigenvalue weighted by Gasteiger charge is -1.87. The fraction of sp³-hybridized carbons (Fsp3) is 0. The molecule has 0 saturated heterocycles. The van der Waals surface area contributed by atoms with Crippen LogP contribution in [-0.2, 0) is 0 Å². The molecule has 10 heavy (non-hydrogen) atoms. The largest absolute Gasteiger partial charge is 0.198 e. The van der Waals surface area contributed by atoms with Crippen molar-refractivity contribution in [2.45, 2.75) is 0 Å². The second-order valence-corrected chi connectivity index (χ2v) is 2.58. The number of rotatable bonds is 0. The molecular weight excluding hydrogens is 146 g/mol. The first-order valence-electron chi connectivity index (χ1n) is 3.00. The van der Waals surface area contributed by atoms with Gasteiger partial charge in [-0.2, -0.15) is 5.32 Å². The zero-order chi connectivity index (χ0) is 6.97. The van der Waals surface area contributed by atoms with Crippen molar-refractivity contribution in [1.29, 1.82) is 0 Å². The van der Waals surface area contributed by atoms with Gasteiger partial charge in [-0.15, -0.1) is 0 Å². The Morgan fingerprint density at radius 1 is 1.40 bits per heavy atom. The molecule has 1 N–H and O–H groups in total. The molecule has 1 heterocycles. The molecule has 2 rings (SSSR count). The molecular formula is C8H5ClN+. The van der Waals surface area contributed by atoms with E-state index in [4.69, 9.17) is 11.6 Å². The summed E-state index contributed by atoms with van der Waals surface area (Å²) < 4.78 is 0. The highest BCUT2D eigenvalue weighted by Crippen LogP contribution is 2.24. The summed E-state index contributed by atoms with van der Waals surface area (Å²) in [6.07, 6.45) is 4.76. The zero-order valence-corrected chi connectivity index (χ0v) is 5.94. The maximum atomic E-state index is 5.75. The fourth-order valence-corrected chi connectivity index (χ4v) is 1.14. The van der Waals surface area contributed by atoms with Crippen LogP contribution in [0.1, 0.15) is 5.56 Å². The highest BCUT2D eigenvalue weighted by molar-refractivity contribution is 6.30. The molecule has 0 saturated carbocycles. The van der Waals surface area contributed by atoms with Crippen molar-refractivity contribution in [2.75, 3.05) is 5.32 Å². The summed E-state index contributed by atoms with van der Waals surface area (Å²) in [4.78, 5) is 0. The van der Waals surface area contributed by atoms with Crippen molar-refractivity contribution < 1.29 is 0 Å². The predicted molar refractivity (Wildman–Crippen MR) is 42.8 cm³/mol. The Hall–Kier alpha value is -1.04. The van der Waals surface area contributed by atoms with E-state index in [2.05, 4.69) is 11.5 Å². The average molecular weight is 151 g/mol. The van der Waals surface area contributed by atoms with Gasteiger partial charge in [-0.05, 0) is 6.07 Å². The molecule has 1 nitrogen and oxygen atoms in total. The molecule has 1 aliphatic heterocycles. The molecule has 48 valence electrons. The number of halogens is 1. The van der Waals surface area contributed by atoms with E-state index in [9.17, 15) is 0 Å². The Kier molecular flexibility index (Phi) is 1.13. The van der Waals surface area contributed by atoms with Crippen LogP contribution in [0.15, 0.2) is 18.2 Å². The van der Waals surface area contributed by atoms with Gasteiger partial charge in [0.25, 0.3) is 0 Å². The summed E-state index contributed by atoms with van der Waals surface area (Å²) in [5, 5.41) is 3.73. The molecule has 1 aromatic rings. The Labute approximate surface area is 64.3 Å². The Morgan fingerprint density at radius 2 is 2.30 bits per heavy atom. The molecule has 0 aromatic heterocycles. The standard InChI is InChI=1S/C8H5ClN/c9-7-1-2-8-6(5-7)3-4-10-8/h1-3,5,10H/q+1. The molecule has 0 unspecified atom stereocenters. The first kappa shape index (κ1) is 5.72. The monoisotopic (exact) mass is 150 g/mol. The van der Waals surface area contributed by atoms with E-state index in [0.29, 0.717) is 0 Å². The summed E-state index contributed by atoms with van der Waals surface area (Å²) in [5.41, 5.74) is 2.18. The quantitative estimate of drug-likeness (QED) is 0.561. The first-order chi connectivity index (χ1) is 4.86. The molecule has 0 atom stereocenters. The van der Waals surface area contributed by atoms with Crippen LogP contribution in [-0.4, -0.2) is 0 Å². The molecule has 0 fully saturated rings. The summed E-state index contributed by atoms with van der Waals surface area (Å²) >= 11 is 5.75. The third kappa shape index (κ3) is 0.766. The van der Waals surface area contributed by atoms with E-state index in [1.165, 1.54) is 0 Å². The molecule has 0 spiro atoms. The van der Waals surface area contributed by atoms with Crippen LogP contribution in [0.2, 0.25) is 5.02 Å². The first-order valence-corrected chi connectivity index (χ1v) is 3.38. The van der Waals surface area contributed by atoms with Gasteiger partial charge in [-0.25, -0.2) is 0 Å². The Morgan fingerprint density at radius 3 is 3.20 bits per heavy atom. The number of fused-ring (bicyclic) bond motifs is 1. The number of nitrogens with one attached hydrogen (secondary N) is 1. The van der Waals surface area contributed by atoms with E-state index >= 15 is 0 Å². The number of hydrogen-bond acceptors (Lipinski definition) is 1. The SMILES string of the molecule is Clc1ccc2c(c1)C=[C+]N2. The van der Waals surface area contributed by atoms with Gasteiger partial charge in [0, 0.05) is 12.1 Å². The van der Waals surface area contributed by atoms with Gasteiger partial charge in [0.2, 0.25) is 0 Å². The fourth-order valence-electron chi connectivity index (χ4n) is 0.958. The molecule has 2 heteroatoms. The van der Waals surface area contributed by atoms with Gasteiger partial charge in [0.05, 0.1) is 5.02 Å². The molecule has 0 aliphatic carbocycles. The van der Waals surface area contributed by atoms with Crippen molar-refractivity contribution in [3.8, 4) is 0 Å². The molecule has 1 aromatic carbocycles. The topological polar surface area (TPSA) is 12.0 Å². The van der Waals surface area contributed by atoms with Crippen LogP contribution in [0.25, 0.3) is 6.08 Å². The lowest BCUT2D eigenvalue weighted by atomic mass is 10.2. The van der Waals surface area contributed by atoms with Crippen molar-refractivity contribution in [2.24, 2.45) is 0 Å². The van der Waals surface area contributed by atoms with E-state index in [1.807, 2.05) is 24.3 Å². The average Bonchev–Trinajstić information content (AvgIpc) is 2.33. The van der Waals surface area contributed by atoms with Gasteiger partial charge in [-0.1, -0.05) is 11.6 Å². The maximum Gasteiger partial charge on any atom is 0.198 e. The lowest BCUT2D eigenvalue weighted by Crippen LogP contribution is -1.81. The summed E-state index contributed by atoms with van der Waals surface area (Å²) in [6, 6.07) is 5.70.